The van der Waals surface area contributed by atoms with E-state index in [4.69, 9.17) is 27.9 Å². The van der Waals surface area contributed by atoms with E-state index in [0.29, 0.717) is 6.07 Å². The lowest BCUT2D eigenvalue weighted by molar-refractivity contribution is -0.138. The van der Waals surface area contributed by atoms with Gasteiger partial charge in [0.15, 0.2) is 5.78 Å². The molecule has 1 aliphatic rings. The van der Waals surface area contributed by atoms with Gasteiger partial charge in [-0.1, -0.05) is 47.5 Å². The van der Waals surface area contributed by atoms with Gasteiger partial charge in [-0.05, 0) is 42.5 Å². The van der Waals surface area contributed by atoms with E-state index in [1.54, 1.807) is 12.1 Å². The number of anilines is 1. The third kappa shape index (κ3) is 4.98. The normalized spacial score (nSPS) is 15.6. The Morgan fingerprint density at radius 2 is 1.64 bits per heavy atom. The number of fused-ring (bicyclic) bond motifs is 1. The Hall–Kier alpha value is -3.69. The minimum atomic E-state index is -4.68. The van der Waals surface area contributed by atoms with Gasteiger partial charge in [-0.25, -0.2) is 4.79 Å². The second-order valence-corrected chi connectivity index (χ2v) is 8.60. The van der Waals surface area contributed by atoms with Crippen LogP contribution in [0.25, 0.3) is 0 Å². The molecule has 184 valence electrons. The number of alkyl halides is 3. The monoisotopic (exact) mass is 535 g/mol. The molecule has 0 bridgehead atoms. The van der Waals surface area contributed by atoms with Crippen LogP contribution in [0.2, 0.25) is 10.0 Å². The number of Topliss-reactive ketones (excluding diaryl/α,β-unsaturated/α-hetero) is 2. The topological polar surface area (TPSA) is 89.5 Å². The van der Waals surface area contributed by atoms with Gasteiger partial charge in [-0.3, -0.25) is 14.4 Å². The molecule has 1 amide bonds. The van der Waals surface area contributed by atoms with Crippen LogP contribution in [-0.4, -0.2) is 23.4 Å². The Balaban J connectivity index is 1.71. The van der Waals surface area contributed by atoms with Crippen molar-refractivity contribution >= 4 is 52.3 Å². The van der Waals surface area contributed by atoms with E-state index in [1.807, 2.05) is 0 Å². The van der Waals surface area contributed by atoms with Gasteiger partial charge in [0.2, 0.25) is 5.78 Å². The molecule has 2 atom stereocenters. The lowest BCUT2D eigenvalue weighted by Crippen LogP contribution is -2.38. The second kappa shape index (κ2) is 9.75. The van der Waals surface area contributed by atoms with Crippen molar-refractivity contribution in [2.45, 2.75) is 12.3 Å². The number of esters is 1. The average Bonchev–Trinajstić information content (AvgIpc) is 3.16. The Morgan fingerprint density at radius 3 is 2.33 bits per heavy atom. The molecule has 4 rings (SSSR count). The van der Waals surface area contributed by atoms with E-state index in [0.717, 1.165) is 18.2 Å². The predicted molar refractivity (Wildman–Crippen MR) is 124 cm³/mol. The van der Waals surface area contributed by atoms with E-state index in [-0.39, 0.29) is 32.4 Å². The number of ketones is 2. The minimum Gasteiger partial charge on any atom is -0.453 e. The molecule has 0 fully saturated rings. The number of nitrogens with one attached hydrogen (secondary N) is 1. The third-order valence-corrected chi connectivity index (χ3v) is 6.20. The number of carbonyl (C=O) groups is 4. The van der Waals surface area contributed by atoms with Crippen molar-refractivity contribution in [2.75, 3.05) is 5.32 Å². The van der Waals surface area contributed by atoms with Crippen LogP contribution in [0.15, 0.2) is 66.7 Å². The number of cyclic esters (lactones) is 1. The van der Waals surface area contributed by atoms with Crippen molar-refractivity contribution < 1.29 is 37.1 Å². The van der Waals surface area contributed by atoms with Crippen molar-refractivity contribution in [3.8, 4) is 0 Å². The molecular weight excluding hydrogens is 522 g/mol. The summed E-state index contributed by atoms with van der Waals surface area (Å²) in [5.41, 5.74) is -1.13. The summed E-state index contributed by atoms with van der Waals surface area (Å²) in [4.78, 5) is 52.0. The van der Waals surface area contributed by atoms with Gasteiger partial charge in [0.1, 0.15) is 12.0 Å². The maximum atomic E-state index is 13.5. The molecule has 0 spiro atoms. The van der Waals surface area contributed by atoms with Crippen LogP contribution in [-0.2, 0) is 20.5 Å². The highest BCUT2D eigenvalue weighted by Crippen LogP contribution is 2.39. The fourth-order valence-corrected chi connectivity index (χ4v) is 4.05. The molecule has 1 heterocycles. The second-order valence-electron chi connectivity index (χ2n) is 7.78. The van der Waals surface area contributed by atoms with Crippen molar-refractivity contribution in [1.29, 1.82) is 0 Å². The van der Waals surface area contributed by atoms with Crippen molar-refractivity contribution in [3.05, 3.63) is 99.0 Å². The molecule has 0 saturated heterocycles. The highest BCUT2D eigenvalue weighted by Gasteiger charge is 2.46. The van der Waals surface area contributed by atoms with Gasteiger partial charge in [0.05, 0.1) is 21.2 Å². The molecule has 36 heavy (non-hydrogen) atoms. The maximum Gasteiger partial charge on any atom is 0.416 e. The van der Waals surface area contributed by atoms with E-state index in [2.05, 4.69) is 5.32 Å². The molecule has 3 aromatic carbocycles. The molecule has 0 unspecified atom stereocenters. The Kier molecular flexibility index (Phi) is 6.88. The van der Waals surface area contributed by atoms with Crippen molar-refractivity contribution in [2.24, 2.45) is 5.92 Å². The first-order chi connectivity index (χ1) is 17.0. The summed E-state index contributed by atoms with van der Waals surface area (Å²) in [5, 5.41) is 2.23. The average molecular weight is 536 g/mol. The molecule has 0 saturated carbocycles. The predicted octanol–water partition coefficient (Wildman–Crippen LogP) is 5.93. The molecule has 0 aromatic heterocycles. The minimum absolute atomic E-state index is 0.00551. The SMILES string of the molecule is O=C(Nc1cccc(C(F)(F)F)c1)C(=O)[C@@H](C(=O)c1ccc(Cl)c(Cl)c1)[C@H]1OC(=O)c2ccccc21. The standard InChI is InChI=1S/C25H14Cl2F3NO5/c26-17-9-8-12(10-18(17)27)20(32)19(22-15-6-1-2-7-16(15)24(35)36-22)21(33)23(34)31-14-5-3-4-13(11-14)25(28,29)30/h1-11,19,22H,(H,31,34)/t19-,22+/m1/s1. The van der Waals surface area contributed by atoms with E-state index < -0.39 is 47.2 Å². The van der Waals surface area contributed by atoms with Crippen LogP contribution in [0.5, 0.6) is 0 Å². The Labute approximate surface area is 212 Å². The molecule has 11 heteroatoms. The number of hydrogen-bond acceptors (Lipinski definition) is 5. The van der Waals surface area contributed by atoms with Crippen LogP contribution in [0.1, 0.15) is 37.9 Å². The smallest absolute Gasteiger partial charge is 0.416 e. The quantitative estimate of drug-likeness (QED) is 0.183. The molecule has 0 aliphatic carbocycles. The van der Waals surface area contributed by atoms with E-state index in [1.165, 1.54) is 30.3 Å². The van der Waals surface area contributed by atoms with Crippen LogP contribution in [0.3, 0.4) is 0 Å². The van der Waals surface area contributed by atoms with Gasteiger partial charge < -0.3 is 10.1 Å². The van der Waals surface area contributed by atoms with Crippen LogP contribution in [0, 0.1) is 5.92 Å². The highest BCUT2D eigenvalue weighted by molar-refractivity contribution is 6.46. The summed E-state index contributed by atoms with van der Waals surface area (Å²) in [6, 6.07) is 13.5. The molecule has 6 nitrogen and oxygen atoms in total. The molecular formula is C25H14Cl2F3NO5. The first kappa shape index (κ1) is 25.4. The summed E-state index contributed by atoms with van der Waals surface area (Å²) in [6.45, 7) is 0. The van der Waals surface area contributed by atoms with Crippen molar-refractivity contribution in [1.82, 2.24) is 0 Å². The number of carbonyl (C=O) groups excluding carboxylic acids is 4. The number of hydrogen-bond donors (Lipinski definition) is 1. The maximum absolute atomic E-state index is 13.5. The van der Waals surface area contributed by atoms with Crippen molar-refractivity contribution in [3.63, 3.8) is 0 Å². The zero-order valence-electron chi connectivity index (χ0n) is 17.9. The van der Waals surface area contributed by atoms with Crippen LogP contribution in [0.4, 0.5) is 18.9 Å². The summed E-state index contributed by atoms with van der Waals surface area (Å²) in [5.74, 6) is -6.23. The Morgan fingerprint density at radius 1 is 0.917 bits per heavy atom. The largest absolute Gasteiger partial charge is 0.453 e. The summed E-state index contributed by atoms with van der Waals surface area (Å²) >= 11 is 11.9. The lowest BCUT2D eigenvalue weighted by atomic mass is 9.84. The number of rotatable bonds is 6. The van der Waals surface area contributed by atoms with Crippen LogP contribution < -0.4 is 5.32 Å². The fourth-order valence-electron chi connectivity index (χ4n) is 3.75. The number of amides is 1. The summed E-state index contributed by atoms with van der Waals surface area (Å²) < 4.78 is 44.4. The van der Waals surface area contributed by atoms with Gasteiger partial charge in [-0.2, -0.15) is 13.2 Å². The molecule has 0 radical (unpaired) electrons. The third-order valence-electron chi connectivity index (χ3n) is 5.46. The fraction of sp³-hybridized carbons (Fsp3) is 0.120. The zero-order chi connectivity index (χ0) is 26.2. The molecule has 3 aromatic rings. The Bertz CT molecular complexity index is 1410. The van der Waals surface area contributed by atoms with Gasteiger partial charge in [0.25, 0.3) is 5.91 Å². The first-order valence-corrected chi connectivity index (χ1v) is 11.0. The van der Waals surface area contributed by atoms with Crippen LogP contribution >= 0.6 is 23.2 Å². The van der Waals surface area contributed by atoms with Gasteiger partial charge >= 0.3 is 12.1 Å². The highest BCUT2D eigenvalue weighted by atomic mass is 35.5. The molecule has 1 N–H and O–H groups in total. The lowest BCUT2D eigenvalue weighted by Gasteiger charge is -2.21. The zero-order valence-corrected chi connectivity index (χ0v) is 19.4. The number of halogens is 5. The van der Waals surface area contributed by atoms with E-state index in [9.17, 15) is 32.3 Å². The number of benzene rings is 3. The van der Waals surface area contributed by atoms with Gasteiger partial charge in [0, 0.05) is 16.8 Å². The van der Waals surface area contributed by atoms with Gasteiger partial charge in [-0.15, -0.1) is 0 Å². The first-order valence-electron chi connectivity index (χ1n) is 10.3. The van der Waals surface area contributed by atoms with E-state index >= 15 is 0 Å². The summed E-state index contributed by atoms with van der Waals surface area (Å²) in [7, 11) is 0. The number of ether oxygens (including phenoxy) is 1. The molecule has 1 aliphatic heterocycles. The summed E-state index contributed by atoms with van der Waals surface area (Å²) in [6.07, 6.45) is -6.13.